The number of benzene rings is 1. The number of rotatable bonds is 7. The second-order valence-electron chi connectivity index (χ2n) is 5.38. The minimum absolute atomic E-state index is 0.176. The van der Waals surface area contributed by atoms with Crippen LogP contribution in [0.5, 0.6) is 5.75 Å². The van der Waals surface area contributed by atoms with Crippen LogP contribution in [0.15, 0.2) is 24.3 Å². The second kappa shape index (κ2) is 8.00. The van der Waals surface area contributed by atoms with Crippen LogP contribution in [0.2, 0.25) is 0 Å². The lowest BCUT2D eigenvalue weighted by Gasteiger charge is -2.30. The lowest BCUT2D eigenvalue weighted by molar-refractivity contribution is -0.143. The van der Waals surface area contributed by atoms with Crippen LogP contribution in [0.3, 0.4) is 0 Å². The molecule has 0 aliphatic carbocycles. The van der Waals surface area contributed by atoms with Crippen molar-refractivity contribution in [2.45, 2.75) is 19.4 Å². The van der Waals surface area contributed by atoms with Crippen LogP contribution in [0, 0.1) is 5.92 Å². The van der Waals surface area contributed by atoms with Gasteiger partial charge in [-0.3, -0.25) is 9.69 Å². The fraction of sp³-hybridized carbons (Fsp3) is 0.562. The Bertz CT molecular complexity index is 455. The number of carboxylic acid groups (broad SMARTS) is 1. The van der Waals surface area contributed by atoms with Crippen LogP contribution in [0.1, 0.15) is 18.4 Å². The molecule has 2 rings (SSSR count). The summed E-state index contributed by atoms with van der Waals surface area (Å²) in [5.41, 5.74) is 1.19. The highest BCUT2D eigenvalue weighted by atomic mass is 16.5. The SMILES string of the molecule is COCCOc1cccc(CN2CCC(C(=O)O)CC2)c1. The van der Waals surface area contributed by atoms with Gasteiger partial charge in [0.05, 0.1) is 12.5 Å². The maximum atomic E-state index is 10.9. The first-order valence-electron chi connectivity index (χ1n) is 7.35. The first kappa shape index (κ1) is 15.8. The third-order valence-electron chi connectivity index (χ3n) is 3.80. The van der Waals surface area contributed by atoms with Gasteiger partial charge in [0.15, 0.2) is 0 Å². The van der Waals surface area contributed by atoms with E-state index < -0.39 is 5.97 Å². The summed E-state index contributed by atoms with van der Waals surface area (Å²) in [5.74, 6) is 0.0122. The quantitative estimate of drug-likeness (QED) is 0.779. The van der Waals surface area contributed by atoms with E-state index in [0.29, 0.717) is 13.2 Å². The van der Waals surface area contributed by atoms with Gasteiger partial charge in [-0.1, -0.05) is 12.1 Å². The smallest absolute Gasteiger partial charge is 0.306 e. The van der Waals surface area contributed by atoms with E-state index in [-0.39, 0.29) is 5.92 Å². The highest BCUT2D eigenvalue weighted by Gasteiger charge is 2.24. The van der Waals surface area contributed by atoms with Crippen LogP contribution in [0.4, 0.5) is 0 Å². The summed E-state index contributed by atoms with van der Waals surface area (Å²) in [6, 6.07) is 8.04. The monoisotopic (exact) mass is 293 g/mol. The third kappa shape index (κ3) is 5.02. The van der Waals surface area contributed by atoms with E-state index in [1.165, 1.54) is 5.56 Å². The van der Waals surface area contributed by atoms with Crippen LogP contribution in [-0.4, -0.2) is 49.4 Å². The molecule has 1 aromatic carbocycles. The molecule has 0 aromatic heterocycles. The van der Waals surface area contributed by atoms with Crippen molar-refractivity contribution in [1.29, 1.82) is 0 Å². The number of ether oxygens (including phenoxy) is 2. The van der Waals surface area contributed by atoms with Gasteiger partial charge < -0.3 is 14.6 Å². The summed E-state index contributed by atoms with van der Waals surface area (Å²) < 4.78 is 10.6. The minimum Gasteiger partial charge on any atom is -0.491 e. The molecule has 1 aromatic rings. The number of hydrogen-bond acceptors (Lipinski definition) is 4. The molecule has 21 heavy (non-hydrogen) atoms. The molecule has 0 atom stereocenters. The normalized spacial score (nSPS) is 16.8. The van der Waals surface area contributed by atoms with Gasteiger partial charge in [0.2, 0.25) is 0 Å². The Labute approximate surface area is 125 Å². The van der Waals surface area contributed by atoms with Gasteiger partial charge in [-0.15, -0.1) is 0 Å². The average molecular weight is 293 g/mol. The van der Waals surface area contributed by atoms with E-state index in [1.54, 1.807) is 7.11 Å². The number of nitrogens with zero attached hydrogens (tertiary/aromatic N) is 1. The molecule has 0 saturated carbocycles. The fourth-order valence-electron chi connectivity index (χ4n) is 2.57. The molecule has 1 saturated heterocycles. The maximum Gasteiger partial charge on any atom is 0.306 e. The van der Waals surface area contributed by atoms with Crippen LogP contribution >= 0.6 is 0 Å². The van der Waals surface area contributed by atoms with E-state index >= 15 is 0 Å². The lowest BCUT2D eigenvalue weighted by atomic mass is 9.97. The zero-order valence-electron chi connectivity index (χ0n) is 12.5. The van der Waals surface area contributed by atoms with E-state index in [9.17, 15) is 4.79 Å². The van der Waals surface area contributed by atoms with Crippen LogP contribution in [0.25, 0.3) is 0 Å². The van der Waals surface area contributed by atoms with Gasteiger partial charge in [-0.05, 0) is 43.6 Å². The highest BCUT2D eigenvalue weighted by Crippen LogP contribution is 2.20. The van der Waals surface area contributed by atoms with Crippen molar-refractivity contribution in [3.05, 3.63) is 29.8 Å². The molecule has 0 spiro atoms. The number of likely N-dealkylation sites (tertiary alicyclic amines) is 1. The number of carbonyl (C=O) groups is 1. The topological polar surface area (TPSA) is 59.0 Å². The first-order chi connectivity index (χ1) is 10.2. The lowest BCUT2D eigenvalue weighted by Crippen LogP contribution is -2.35. The molecule has 1 aliphatic rings. The zero-order chi connectivity index (χ0) is 15.1. The van der Waals surface area contributed by atoms with Crippen molar-refractivity contribution in [2.75, 3.05) is 33.4 Å². The summed E-state index contributed by atoms with van der Waals surface area (Å²) in [5, 5.41) is 9.01. The zero-order valence-corrected chi connectivity index (χ0v) is 12.5. The Kier molecular flexibility index (Phi) is 6.02. The molecule has 1 fully saturated rings. The van der Waals surface area contributed by atoms with E-state index in [4.69, 9.17) is 14.6 Å². The summed E-state index contributed by atoms with van der Waals surface area (Å²) in [4.78, 5) is 13.2. The molecule has 0 bridgehead atoms. The Morgan fingerprint density at radius 1 is 1.33 bits per heavy atom. The van der Waals surface area contributed by atoms with E-state index in [1.807, 2.05) is 18.2 Å². The number of hydrogen-bond donors (Lipinski definition) is 1. The van der Waals surface area contributed by atoms with Crippen LogP contribution in [-0.2, 0) is 16.1 Å². The Morgan fingerprint density at radius 2 is 2.10 bits per heavy atom. The number of piperidine rings is 1. The number of aliphatic carboxylic acids is 1. The van der Waals surface area contributed by atoms with Gasteiger partial charge in [0.1, 0.15) is 12.4 Å². The first-order valence-corrected chi connectivity index (χ1v) is 7.35. The fourth-order valence-corrected chi connectivity index (χ4v) is 2.57. The Morgan fingerprint density at radius 3 is 2.76 bits per heavy atom. The van der Waals surface area contributed by atoms with Gasteiger partial charge in [-0.25, -0.2) is 0 Å². The van der Waals surface area contributed by atoms with Crippen molar-refractivity contribution in [3.8, 4) is 5.75 Å². The Hall–Kier alpha value is -1.59. The molecule has 1 aliphatic heterocycles. The van der Waals surface area contributed by atoms with Gasteiger partial charge >= 0.3 is 5.97 Å². The van der Waals surface area contributed by atoms with Gasteiger partial charge in [-0.2, -0.15) is 0 Å². The standard InChI is InChI=1S/C16H23NO4/c1-20-9-10-21-15-4-2-3-13(11-15)12-17-7-5-14(6-8-17)16(18)19/h2-4,11,14H,5-10,12H2,1H3,(H,18,19). The highest BCUT2D eigenvalue weighted by molar-refractivity contribution is 5.70. The maximum absolute atomic E-state index is 10.9. The molecule has 0 unspecified atom stereocenters. The van der Waals surface area contributed by atoms with Gasteiger partial charge in [0.25, 0.3) is 0 Å². The second-order valence-corrected chi connectivity index (χ2v) is 5.38. The molecule has 0 amide bonds. The van der Waals surface area contributed by atoms with E-state index in [2.05, 4.69) is 11.0 Å². The van der Waals surface area contributed by atoms with Crippen molar-refractivity contribution < 1.29 is 19.4 Å². The summed E-state index contributed by atoms with van der Waals surface area (Å²) in [6.07, 6.45) is 1.47. The molecule has 1 N–H and O–H groups in total. The number of methoxy groups -OCH3 is 1. The molecule has 116 valence electrons. The molecular weight excluding hydrogens is 270 g/mol. The minimum atomic E-state index is -0.664. The van der Waals surface area contributed by atoms with Crippen molar-refractivity contribution >= 4 is 5.97 Å². The third-order valence-corrected chi connectivity index (χ3v) is 3.80. The van der Waals surface area contributed by atoms with Crippen molar-refractivity contribution in [3.63, 3.8) is 0 Å². The average Bonchev–Trinajstić information content (AvgIpc) is 2.48. The molecule has 5 heteroatoms. The van der Waals surface area contributed by atoms with Crippen molar-refractivity contribution in [1.82, 2.24) is 4.90 Å². The van der Waals surface area contributed by atoms with E-state index in [0.717, 1.165) is 38.2 Å². The molecule has 0 radical (unpaired) electrons. The number of carboxylic acids is 1. The van der Waals surface area contributed by atoms with Crippen molar-refractivity contribution in [2.24, 2.45) is 5.92 Å². The van der Waals surface area contributed by atoms with Gasteiger partial charge in [0, 0.05) is 13.7 Å². The Balaban J connectivity index is 1.83. The molecule has 1 heterocycles. The predicted octanol–water partition coefficient (Wildman–Crippen LogP) is 2.01. The predicted molar refractivity (Wildman–Crippen MR) is 79.4 cm³/mol. The summed E-state index contributed by atoms with van der Waals surface area (Å²) in [7, 11) is 1.65. The summed E-state index contributed by atoms with van der Waals surface area (Å²) >= 11 is 0. The largest absolute Gasteiger partial charge is 0.491 e. The summed E-state index contributed by atoms with van der Waals surface area (Å²) in [6.45, 7) is 3.64. The molecular formula is C16H23NO4. The van der Waals surface area contributed by atoms with Crippen LogP contribution < -0.4 is 4.74 Å². The molecule has 5 nitrogen and oxygen atoms in total.